The van der Waals surface area contributed by atoms with E-state index in [1.165, 1.54) is 4.88 Å². The van der Waals surface area contributed by atoms with Gasteiger partial charge in [0.1, 0.15) is 0 Å². The van der Waals surface area contributed by atoms with Gasteiger partial charge >= 0.3 is 5.97 Å². The van der Waals surface area contributed by atoms with E-state index in [1.54, 1.807) is 28.7 Å². The Labute approximate surface area is 109 Å². The molecule has 2 aromatic rings. The van der Waals surface area contributed by atoms with Crippen molar-refractivity contribution in [2.75, 3.05) is 0 Å². The lowest BCUT2D eigenvalue weighted by Crippen LogP contribution is -1.84. The van der Waals surface area contributed by atoms with Crippen molar-refractivity contribution in [3.05, 3.63) is 39.0 Å². The Morgan fingerprint density at radius 2 is 1.88 bits per heavy atom. The average Bonchev–Trinajstić information content (AvgIpc) is 2.83. The Morgan fingerprint density at radius 1 is 1.19 bits per heavy atom. The minimum atomic E-state index is -0.922. The summed E-state index contributed by atoms with van der Waals surface area (Å²) in [5, 5.41) is 8.52. The van der Waals surface area contributed by atoms with Gasteiger partial charge in [0.05, 0.1) is 3.79 Å². The molecule has 0 unspecified atom stereocenters. The number of rotatable bonds is 3. The van der Waals surface area contributed by atoms with E-state index < -0.39 is 5.97 Å². The summed E-state index contributed by atoms with van der Waals surface area (Å²) >= 11 is 6.66. The molecular formula is C11H7BrO2S2. The summed E-state index contributed by atoms with van der Waals surface area (Å²) in [6.07, 6.45) is 2.76. The first-order valence-corrected chi connectivity index (χ1v) is 6.84. The first-order valence-electron chi connectivity index (χ1n) is 4.42. The normalized spacial score (nSPS) is 11.1. The lowest BCUT2D eigenvalue weighted by molar-refractivity contribution is -0.131. The van der Waals surface area contributed by atoms with Crippen LogP contribution in [0, 0.1) is 0 Å². The molecule has 1 N–H and O–H groups in total. The number of carbonyl (C=O) groups is 1. The number of hydrogen-bond acceptors (Lipinski definition) is 3. The Kier molecular flexibility index (Phi) is 3.58. The summed E-state index contributed by atoms with van der Waals surface area (Å²) in [5.41, 5.74) is 0. The van der Waals surface area contributed by atoms with Crippen LogP contribution in [0.1, 0.15) is 4.88 Å². The van der Waals surface area contributed by atoms with E-state index in [4.69, 9.17) is 5.11 Å². The van der Waals surface area contributed by atoms with Gasteiger partial charge in [0.25, 0.3) is 0 Å². The van der Waals surface area contributed by atoms with Crippen LogP contribution >= 0.6 is 38.6 Å². The van der Waals surface area contributed by atoms with Gasteiger partial charge < -0.3 is 5.11 Å². The van der Waals surface area contributed by atoms with E-state index in [0.29, 0.717) is 0 Å². The molecule has 2 aromatic heterocycles. The number of carboxylic acid groups (broad SMARTS) is 1. The van der Waals surface area contributed by atoms with Gasteiger partial charge in [0, 0.05) is 20.7 Å². The summed E-state index contributed by atoms with van der Waals surface area (Å²) in [6, 6.07) is 7.98. The zero-order chi connectivity index (χ0) is 11.5. The quantitative estimate of drug-likeness (QED) is 0.856. The first-order chi connectivity index (χ1) is 7.65. The zero-order valence-electron chi connectivity index (χ0n) is 8.01. The predicted octanol–water partition coefficient (Wildman–Crippen LogP) is 4.34. The number of hydrogen-bond donors (Lipinski definition) is 1. The maximum Gasteiger partial charge on any atom is 0.328 e. The third kappa shape index (κ3) is 2.81. The van der Waals surface area contributed by atoms with Gasteiger partial charge in [0.2, 0.25) is 0 Å². The Bertz CT molecular complexity index is 540. The van der Waals surface area contributed by atoms with E-state index in [1.807, 2.05) is 24.3 Å². The number of halogens is 1. The van der Waals surface area contributed by atoms with Gasteiger partial charge in [-0.15, -0.1) is 22.7 Å². The summed E-state index contributed by atoms with van der Waals surface area (Å²) in [5.74, 6) is -0.922. The molecule has 0 fully saturated rings. The van der Waals surface area contributed by atoms with Gasteiger partial charge in [-0.25, -0.2) is 4.79 Å². The van der Waals surface area contributed by atoms with Crippen LogP contribution in [-0.2, 0) is 4.79 Å². The van der Waals surface area contributed by atoms with Crippen LogP contribution in [0.2, 0.25) is 0 Å². The molecule has 2 heterocycles. The highest BCUT2D eigenvalue weighted by atomic mass is 79.9. The minimum Gasteiger partial charge on any atom is -0.478 e. The number of thiophene rings is 2. The molecule has 0 atom stereocenters. The molecule has 0 radical (unpaired) electrons. The standard InChI is InChI=1S/C11H7BrO2S2/c12-10-5-4-9(16-10)8-3-1-7(15-8)2-6-11(13)14/h1-6H,(H,13,14)/b6-2+. The fourth-order valence-electron chi connectivity index (χ4n) is 1.17. The highest BCUT2D eigenvalue weighted by Gasteiger charge is 2.04. The Hall–Kier alpha value is -0.910. The van der Waals surface area contributed by atoms with E-state index in [2.05, 4.69) is 15.9 Å². The largest absolute Gasteiger partial charge is 0.478 e. The van der Waals surface area contributed by atoms with Crippen LogP contribution in [0.4, 0.5) is 0 Å². The molecule has 0 saturated carbocycles. The molecule has 0 aliphatic heterocycles. The SMILES string of the molecule is O=C(O)/C=C/c1ccc(-c2ccc(Br)s2)s1. The summed E-state index contributed by atoms with van der Waals surface area (Å²) in [7, 11) is 0. The van der Waals surface area contributed by atoms with Gasteiger partial charge in [-0.05, 0) is 46.3 Å². The molecule has 16 heavy (non-hydrogen) atoms. The number of aliphatic carboxylic acids is 1. The molecule has 2 rings (SSSR count). The Morgan fingerprint density at radius 3 is 2.50 bits per heavy atom. The van der Waals surface area contributed by atoms with Crippen molar-refractivity contribution in [1.29, 1.82) is 0 Å². The van der Waals surface area contributed by atoms with Crippen LogP contribution in [-0.4, -0.2) is 11.1 Å². The number of carboxylic acids is 1. The van der Waals surface area contributed by atoms with E-state index in [9.17, 15) is 4.79 Å². The molecule has 0 bridgehead atoms. The second-order valence-corrected chi connectivity index (χ2v) is 6.56. The smallest absolute Gasteiger partial charge is 0.328 e. The molecule has 2 nitrogen and oxygen atoms in total. The maximum absolute atomic E-state index is 10.4. The molecule has 0 spiro atoms. The highest BCUT2D eigenvalue weighted by molar-refractivity contribution is 9.11. The van der Waals surface area contributed by atoms with Crippen molar-refractivity contribution in [1.82, 2.24) is 0 Å². The van der Waals surface area contributed by atoms with Crippen molar-refractivity contribution in [3.63, 3.8) is 0 Å². The molecule has 0 amide bonds. The molecule has 0 aliphatic carbocycles. The van der Waals surface area contributed by atoms with Gasteiger partial charge in [-0.1, -0.05) is 0 Å². The van der Waals surface area contributed by atoms with Crippen LogP contribution in [0.3, 0.4) is 0 Å². The fraction of sp³-hybridized carbons (Fsp3) is 0. The predicted molar refractivity (Wildman–Crippen MR) is 72.0 cm³/mol. The monoisotopic (exact) mass is 314 g/mol. The van der Waals surface area contributed by atoms with Crippen molar-refractivity contribution >= 4 is 50.6 Å². The first kappa shape index (κ1) is 11.6. The minimum absolute atomic E-state index is 0.922. The molecular weight excluding hydrogens is 308 g/mol. The van der Waals surface area contributed by atoms with Crippen LogP contribution in [0.15, 0.2) is 34.1 Å². The highest BCUT2D eigenvalue weighted by Crippen LogP contribution is 2.35. The van der Waals surface area contributed by atoms with Gasteiger partial charge in [0.15, 0.2) is 0 Å². The topological polar surface area (TPSA) is 37.3 Å². The fourth-order valence-corrected chi connectivity index (χ4v) is 3.56. The Balaban J connectivity index is 2.23. The van der Waals surface area contributed by atoms with Gasteiger partial charge in [-0.3, -0.25) is 0 Å². The van der Waals surface area contributed by atoms with E-state index in [0.717, 1.165) is 19.6 Å². The van der Waals surface area contributed by atoms with Crippen molar-refractivity contribution in [2.45, 2.75) is 0 Å². The third-order valence-corrected chi connectivity index (χ3v) is 4.70. The zero-order valence-corrected chi connectivity index (χ0v) is 11.2. The third-order valence-electron chi connectivity index (χ3n) is 1.83. The molecule has 0 saturated heterocycles. The molecule has 0 aromatic carbocycles. The van der Waals surface area contributed by atoms with Crippen LogP contribution in [0.5, 0.6) is 0 Å². The lowest BCUT2D eigenvalue weighted by atomic mass is 10.3. The van der Waals surface area contributed by atoms with E-state index >= 15 is 0 Å². The van der Waals surface area contributed by atoms with Crippen molar-refractivity contribution < 1.29 is 9.90 Å². The van der Waals surface area contributed by atoms with E-state index in [-0.39, 0.29) is 0 Å². The summed E-state index contributed by atoms with van der Waals surface area (Å²) in [4.78, 5) is 13.7. The molecule has 0 aliphatic rings. The molecule has 5 heteroatoms. The summed E-state index contributed by atoms with van der Waals surface area (Å²) in [6.45, 7) is 0. The second kappa shape index (κ2) is 4.95. The lowest BCUT2D eigenvalue weighted by Gasteiger charge is -1.87. The van der Waals surface area contributed by atoms with Crippen molar-refractivity contribution in [3.8, 4) is 9.75 Å². The van der Waals surface area contributed by atoms with Crippen LogP contribution in [0.25, 0.3) is 15.8 Å². The maximum atomic E-state index is 10.4. The van der Waals surface area contributed by atoms with Crippen molar-refractivity contribution in [2.24, 2.45) is 0 Å². The van der Waals surface area contributed by atoms with Gasteiger partial charge in [-0.2, -0.15) is 0 Å². The average molecular weight is 315 g/mol. The molecule has 82 valence electrons. The summed E-state index contributed by atoms with van der Waals surface area (Å²) < 4.78 is 1.10. The second-order valence-electron chi connectivity index (χ2n) is 2.98. The van der Waals surface area contributed by atoms with Crippen LogP contribution < -0.4 is 0 Å².